The Hall–Kier alpha value is -2.18. The lowest BCUT2D eigenvalue weighted by molar-refractivity contribution is 0.0533. The average molecular weight is 383 g/mol. The van der Waals surface area contributed by atoms with E-state index in [2.05, 4.69) is 0 Å². The number of esters is 1. The average Bonchev–Trinajstić information content (AvgIpc) is 2.94. The van der Waals surface area contributed by atoms with Gasteiger partial charge in [0.15, 0.2) is 17.4 Å². The molecule has 3 aromatic rings. The Kier molecular flexibility index (Phi) is 4.92. The molecule has 7 heteroatoms. The van der Waals surface area contributed by atoms with Crippen LogP contribution in [0.5, 0.6) is 5.75 Å². The van der Waals surface area contributed by atoms with Crippen LogP contribution in [0.15, 0.2) is 30.3 Å². The molecule has 0 radical (unpaired) electrons. The molecule has 2 aromatic carbocycles. The summed E-state index contributed by atoms with van der Waals surface area (Å²) in [5, 5.41) is 1.12. The Bertz CT molecular complexity index is 969. The third-order valence-electron chi connectivity index (χ3n) is 3.64. The van der Waals surface area contributed by atoms with Gasteiger partial charge in [-0.25, -0.2) is 13.6 Å². The van der Waals surface area contributed by atoms with E-state index in [0.717, 1.165) is 17.4 Å². The number of hydrogen-bond donors (Lipinski definition) is 0. The molecule has 25 heavy (non-hydrogen) atoms. The van der Waals surface area contributed by atoms with E-state index in [9.17, 15) is 13.6 Å². The summed E-state index contributed by atoms with van der Waals surface area (Å²) in [5.74, 6) is -2.76. The van der Waals surface area contributed by atoms with Crippen LogP contribution >= 0.6 is 22.9 Å². The Morgan fingerprint density at radius 2 is 2.00 bits per heavy atom. The summed E-state index contributed by atoms with van der Waals surface area (Å²) in [4.78, 5) is 12.6. The monoisotopic (exact) mass is 382 g/mol. The lowest BCUT2D eigenvalue weighted by atomic mass is 10.0. The Balaban J connectivity index is 2.34. The Labute approximate surface area is 151 Å². The van der Waals surface area contributed by atoms with Crippen LogP contribution in [0.1, 0.15) is 16.6 Å². The molecule has 0 saturated heterocycles. The van der Waals surface area contributed by atoms with Crippen molar-refractivity contribution in [3.63, 3.8) is 0 Å². The molecule has 0 unspecified atom stereocenters. The van der Waals surface area contributed by atoms with Crippen molar-refractivity contribution in [3.05, 3.63) is 51.9 Å². The van der Waals surface area contributed by atoms with E-state index in [1.807, 2.05) is 0 Å². The number of methoxy groups -OCH3 is 1. The number of carbonyl (C=O) groups is 1. The number of halogens is 3. The fourth-order valence-electron chi connectivity index (χ4n) is 2.59. The van der Waals surface area contributed by atoms with Gasteiger partial charge in [0.1, 0.15) is 4.88 Å². The van der Waals surface area contributed by atoms with Gasteiger partial charge >= 0.3 is 5.97 Å². The third-order valence-corrected chi connectivity index (χ3v) is 5.00. The fraction of sp³-hybridized carbons (Fsp3) is 0.167. The molecule has 0 aliphatic carbocycles. The van der Waals surface area contributed by atoms with Gasteiger partial charge < -0.3 is 9.47 Å². The molecule has 3 rings (SSSR count). The van der Waals surface area contributed by atoms with E-state index >= 15 is 0 Å². The highest BCUT2D eigenvalue weighted by Gasteiger charge is 2.25. The maximum atomic E-state index is 14.8. The lowest BCUT2D eigenvalue weighted by Crippen LogP contribution is -2.04. The molecule has 1 heterocycles. The zero-order valence-corrected chi connectivity index (χ0v) is 14.9. The van der Waals surface area contributed by atoms with E-state index in [-0.39, 0.29) is 17.0 Å². The normalized spacial score (nSPS) is 10.9. The summed E-state index contributed by atoms with van der Waals surface area (Å²) in [6.45, 7) is 1.87. The first kappa shape index (κ1) is 17.6. The van der Waals surface area contributed by atoms with E-state index < -0.39 is 23.4 Å². The maximum Gasteiger partial charge on any atom is 0.348 e. The van der Waals surface area contributed by atoms with Crippen molar-refractivity contribution in [3.8, 4) is 16.9 Å². The van der Waals surface area contributed by atoms with Gasteiger partial charge in [0.05, 0.1) is 13.7 Å². The van der Waals surface area contributed by atoms with Gasteiger partial charge in [0.2, 0.25) is 0 Å². The minimum absolute atomic E-state index is 0.0647. The SMILES string of the molecule is CCOC(=O)c1sc2cc(Cl)ccc2c1-c1ccc(F)c(OC)c1F. The number of benzene rings is 2. The number of fused-ring (bicyclic) bond motifs is 1. The summed E-state index contributed by atoms with van der Waals surface area (Å²) >= 11 is 7.16. The second kappa shape index (κ2) is 6.98. The van der Waals surface area contributed by atoms with Gasteiger partial charge in [-0.2, -0.15) is 0 Å². The van der Waals surface area contributed by atoms with Crippen molar-refractivity contribution in [2.24, 2.45) is 0 Å². The van der Waals surface area contributed by atoms with Crippen LogP contribution in [0, 0.1) is 11.6 Å². The predicted molar refractivity (Wildman–Crippen MR) is 94.7 cm³/mol. The highest BCUT2D eigenvalue weighted by atomic mass is 35.5. The summed E-state index contributed by atoms with van der Waals surface area (Å²) < 4.78 is 39.1. The number of thiophene rings is 1. The minimum atomic E-state index is -0.873. The highest BCUT2D eigenvalue weighted by Crippen LogP contribution is 2.43. The molecule has 130 valence electrons. The number of hydrogen-bond acceptors (Lipinski definition) is 4. The van der Waals surface area contributed by atoms with Crippen LogP contribution in [-0.4, -0.2) is 19.7 Å². The van der Waals surface area contributed by atoms with Crippen LogP contribution in [0.2, 0.25) is 5.02 Å². The summed E-state index contributed by atoms with van der Waals surface area (Å²) in [6, 6.07) is 7.42. The summed E-state index contributed by atoms with van der Waals surface area (Å²) in [6.07, 6.45) is 0. The van der Waals surface area contributed by atoms with Gasteiger partial charge in [-0.1, -0.05) is 17.7 Å². The van der Waals surface area contributed by atoms with Crippen molar-refractivity contribution in [2.75, 3.05) is 13.7 Å². The standard InChI is InChI=1S/C18H13ClF2O3S/c1-3-24-18(22)17-14(10-5-4-9(19)8-13(10)25-17)11-6-7-12(20)16(23-2)15(11)21/h4-8H,3H2,1-2H3. The van der Waals surface area contributed by atoms with Crippen LogP contribution in [-0.2, 0) is 4.74 Å². The van der Waals surface area contributed by atoms with Crippen LogP contribution < -0.4 is 4.74 Å². The van der Waals surface area contributed by atoms with Crippen molar-refractivity contribution >= 4 is 39.0 Å². The van der Waals surface area contributed by atoms with Crippen molar-refractivity contribution in [1.29, 1.82) is 0 Å². The largest absolute Gasteiger partial charge is 0.491 e. The topological polar surface area (TPSA) is 35.5 Å². The van der Waals surface area contributed by atoms with Crippen LogP contribution in [0.3, 0.4) is 0 Å². The molecule has 0 aliphatic rings. The van der Waals surface area contributed by atoms with Gasteiger partial charge in [0, 0.05) is 26.2 Å². The zero-order chi connectivity index (χ0) is 18.1. The quantitative estimate of drug-likeness (QED) is 0.544. The van der Waals surface area contributed by atoms with E-state index in [1.165, 1.54) is 13.2 Å². The number of carbonyl (C=O) groups excluding carboxylic acids is 1. The zero-order valence-electron chi connectivity index (χ0n) is 13.4. The summed E-state index contributed by atoms with van der Waals surface area (Å²) in [5.41, 5.74) is 0.404. The second-order valence-electron chi connectivity index (χ2n) is 5.11. The third kappa shape index (κ3) is 3.07. The van der Waals surface area contributed by atoms with Crippen molar-refractivity contribution in [1.82, 2.24) is 0 Å². The molecular formula is C18H13ClF2O3S. The highest BCUT2D eigenvalue weighted by molar-refractivity contribution is 7.21. The molecule has 0 saturated carbocycles. The molecule has 0 N–H and O–H groups in total. The fourth-order valence-corrected chi connectivity index (χ4v) is 3.98. The molecule has 0 amide bonds. The van der Waals surface area contributed by atoms with Gasteiger partial charge in [0.25, 0.3) is 0 Å². The number of ether oxygens (including phenoxy) is 2. The Morgan fingerprint density at radius 1 is 1.24 bits per heavy atom. The van der Waals surface area contributed by atoms with Gasteiger partial charge in [-0.15, -0.1) is 11.3 Å². The predicted octanol–water partition coefficient (Wildman–Crippen LogP) is 5.69. The Morgan fingerprint density at radius 3 is 2.68 bits per heavy atom. The molecule has 3 nitrogen and oxygen atoms in total. The first-order chi connectivity index (χ1) is 12.0. The first-order valence-electron chi connectivity index (χ1n) is 7.39. The van der Waals surface area contributed by atoms with Crippen LogP contribution in [0.25, 0.3) is 21.2 Å². The molecule has 0 aliphatic heterocycles. The van der Waals surface area contributed by atoms with Crippen molar-refractivity contribution in [2.45, 2.75) is 6.92 Å². The molecule has 0 fully saturated rings. The maximum absolute atomic E-state index is 14.8. The number of rotatable bonds is 4. The van der Waals surface area contributed by atoms with Gasteiger partial charge in [-0.3, -0.25) is 0 Å². The smallest absolute Gasteiger partial charge is 0.348 e. The van der Waals surface area contributed by atoms with E-state index in [4.69, 9.17) is 21.1 Å². The molecule has 0 bridgehead atoms. The van der Waals surface area contributed by atoms with E-state index in [1.54, 1.807) is 25.1 Å². The van der Waals surface area contributed by atoms with Crippen LogP contribution in [0.4, 0.5) is 8.78 Å². The molecule has 1 aromatic heterocycles. The van der Waals surface area contributed by atoms with Gasteiger partial charge in [-0.05, 0) is 31.2 Å². The molecule has 0 atom stereocenters. The first-order valence-corrected chi connectivity index (χ1v) is 8.58. The minimum Gasteiger partial charge on any atom is -0.491 e. The lowest BCUT2D eigenvalue weighted by Gasteiger charge is -2.10. The summed E-state index contributed by atoms with van der Waals surface area (Å²) in [7, 11) is 1.18. The second-order valence-corrected chi connectivity index (χ2v) is 6.60. The van der Waals surface area contributed by atoms with E-state index in [0.29, 0.717) is 20.7 Å². The molecular weight excluding hydrogens is 370 g/mol. The molecule has 0 spiro atoms. The van der Waals surface area contributed by atoms with Crippen molar-refractivity contribution < 1.29 is 23.0 Å².